The van der Waals surface area contributed by atoms with Crippen LogP contribution in [-0.4, -0.2) is 13.2 Å². The number of hydrogen-bond donors (Lipinski definition) is 0. The predicted molar refractivity (Wildman–Crippen MR) is 54.2 cm³/mol. The van der Waals surface area contributed by atoms with E-state index >= 15 is 0 Å². The molecular weight excluding hydrogens is 178 g/mol. The Balaban J connectivity index is 2.94. The first-order valence-electron chi connectivity index (χ1n) is 4.51. The molecule has 0 saturated heterocycles. The van der Waals surface area contributed by atoms with E-state index in [1.54, 1.807) is 7.11 Å². The van der Waals surface area contributed by atoms with Crippen LogP contribution in [0.15, 0.2) is 23.2 Å². The monoisotopic (exact) mass is 191 g/mol. The van der Waals surface area contributed by atoms with Crippen LogP contribution in [0.25, 0.3) is 0 Å². The maximum Gasteiger partial charge on any atom is 0.235 e. The summed E-state index contributed by atoms with van der Waals surface area (Å²) >= 11 is 0. The fraction of sp³-hybridized carbons (Fsp3) is 0.364. The first-order valence-corrected chi connectivity index (χ1v) is 4.51. The minimum Gasteiger partial charge on any atom is -0.496 e. The molecule has 0 radical (unpaired) electrons. The molecule has 0 bridgehead atoms. The highest BCUT2D eigenvalue weighted by atomic mass is 16.5. The quantitative estimate of drug-likeness (QED) is 0.540. The molecule has 0 heterocycles. The number of methoxy groups -OCH3 is 1. The summed E-state index contributed by atoms with van der Waals surface area (Å²) in [6.07, 6.45) is 2.43. The van der Waals surface area contributed by atoms with Crippen molar-refractivity contribution < 1.29 is 9.53 Å². The Hall–Kier alpha value is -1.60. The highest BCUT2D eigenvalue weighted by Gasteiger charge is 2.01. The number of rotatable bonds is 4. The molecule has 1 rings (SSSR count). The topological polar surface area (TPSA) is 38.7 Å². The minimum absolute atomic E-state index is 0.389. The summed E-state index contributed by atoms with van der Waals surface area (Å²) < 4.78 is 5.19. The summed E-state index contributed by atoms with van der Waals surface area (Å²) in [6, 6.07) is 5.80. The molecule has 74 valence electrons. The van der Waals surface area contributed by atoms with Crippen LogP contribution in [0, 0.1) is 0 Å². The van der Waals surface area contributed by atoms with Gasteiger partial charge in [0.25, 0.3) is 0 Å². The maximum atomic E-state index is 9.94. The molecule has 0 N–H and O–H groups in total. The van der Waals surface area contributed by atoms with Crippen molar-refractivity contribution in [2.45, 2.75) is 19.9 Å². The van der Waals surface area contributed by atoms with Crippen molar-refractivity contribution in [3.63, 3.8) is 0 Å². The van der Waals surface area contributed by atoms with Gasteiger partial charge in [0, 0.05) is 0 Å². The van der Waals surface area contributed by atoms with Gasteiger partial charge >= 0.3 is 0 Å². The molecule has 0 unspecified atom stereocenters. The standard InChI is InChI=1S/C11H13NO2/c1-3-10-6-9(7-12-8-13)4-5-11(10)14-2/h4-6H,3,7H2,1-2H3. The van der Waals surface area contributed by atoms with Gasteiger partial charge in [-0.15, -0.1) is 0 Å². The zero-order valence-electron chi connectivity index (χ0n) is 8.41. The minimum atomic E-state index is 0.389. The van der Waals surface area contributed by atoms with Crippen molar-refractivity contribution in [3.05, 3.63) is 29.3 Å². The average Bonchev–Trinajstić information content (AvgIpc) is 2.25. The summed E-state index contributed by atoms with van der Waals surface area (Å²) in [4.78, 5) is 13.5. The third-order valence-electron chi connectivity index (χ3n) is 2.05. The SMILES string of the molecule is CCc1cc(CN=C=O)ccc1OC. The van der Waals surface area contributed by atoms with Crippen LogP contribution in [-0.2, 0) is 17.8 Å². The molecular formula is C11H13NO2. The lowest BCUT2D eigenvalue weighted by Gasteiger charge is -2.07. The Morgan fingerprint density at radius 1 is 1.50 bits per heavy atom. The Kier molecular flexibility index (Phi) is 3.89. The van der Waals surface area contributed by atoms with Gasteiger partial charge in [0.05, 0.1) is 13.7 Å². The van der Waals surface area contributed by atoms with E-state index in [1.165, 1.54) is 6.08 Å². The van der Waals surface area contributed by atoms with Crippen molar-refractivity contribution >= 4 is 6.08 Å². The summed E-state index contributed by atoms with van der Waals surface area (Å²) in [5.41, 5.74) is 2.14. The van der Waals surface area contributed by atoms with Crippen LogP contribution in [0.2, 0.25) is 0 Å². The van der Waals surface area contributed by atoms with E-state index in [0.717, 1.165) is 23.3 Å². The molecule has 0 fully saturated rings. The van der Waals surface area contributed by atoms with E-state index in [4.69, 9.17) is 4.74 Å². The molecule has 14 heavy (non-hydrogen) atoms. The molecule has 0 aliphatic heterocycles. The molecule has 3 nitrogen and oxygen atoms in total. The molecule has 0 saturated carbocycles. The van der Waals surface area contributed by atoms with Crippen LogP contribution >= 0.6 is 0 Å². The third-order valence-corrected chi connectivity index (χ3v) is 2.05. The van der Waals surface area contributed by atoms with Crippen molar-refractivity contribution in [3.8, 4) is 5.75 Å². The second-order valence-corrected chi connectivity index (χ2v) is 2.91. The van der Waals surface area contributed by atoms with Crippen LogP contribution in [0.1, 0.15) is 18.1 Å². The lowest BCUT2D eigenvalue weighted by molar-refractivity contribution is 0.410. The third kappa shape index (κ3) is 2.44. The van der Waals surface area contributed by atoms with Gasteiger partial charge in [0.1, 0.15) is 5.75 Å². The average molecular weight is 191 g/mol. The van der Waals surface area contributed by atoms with Gasteiger partial charge in [-0.2, -0.15) is 0 Å². The number of ether oxygens (including phenoxy) is 1. The Morgan fingerprint density at radius 2 is 2.29 bits per heavy atom. The van der Waals surface area contributed by atoms with Crippen molar-refractivity contribution in [2.24, 2.45) is 4.99 Å². The lowest BCUT2D eigenvalue weighted by Crippen LogP contribution is -1.92. The van der Waals surface area contributed by atoms with E-state index in [9.17, 15) is 4.79 Å². The zero-order chi connectivity index (χ0) is 10.4. The number of aliphatic imine (C=N–C) groups is 1. The summed E-state index contributed by atoms with van der Waals surface area (Å²) in [7, 11) is 1.65. The number of isocyanates is 1. The molecule has 0 atom stereocenters. The van der Waals surface area contributed by atoms with Crippen LogP contribution in [0.4, 0.5) is 0 Å². The summed E-state index contributed by atoms with van der Waals surface area (Å²) in [5, 5.41) is 0. The summed E-state index contributed by atoms with van der Waals surface area (Å²) in [6.45, 7) is 2.45. The fourth-order valence-corrected chi connectivity index (χ4v) is 1.33. The highest BCUT2D eigenvalue weighted by Crippen LogP contribution is 2.20. The van der Waals surface area contributed by atoms with Crippen molar-refractivity contribution in [1.82, 2.24) is 0 Å². The van der Waals surface area contributed by atoms with Crippen LogP contribution in [0.5, 0.6) is 5.75 Å². The second-order valence-electron chi connectivity index (χ2n) is 2.91. The second kappa shape index (κ2) is 5.20. The molecule has 0 aliphatic carbocycles. The van der Waals surface area contributed by atoms with E-state index in [2.05, 4.69) is 11.9 Å². The predicted octanol–water partition coefficient (Wildman–Crippen LogP) is 2.09. The number of benzene rings is 1. The van der Waals surface area contributed by atoms with Gasteiger partial charge < -0.3 is 4.74 Å². The first-order chi connectivity index (χ1) is 6.81. The highest BCUT2D eigenvalue weighted by molar-refractivity contribution is 5.38. The number of nitrogens with zero attached hydrogens (tertiary/aromatic N) is 1. The largest absolute Gasteiger partial charge is 0.496 e. The Labute approximate surface area is 83.4 Å². The zero-order valence-corrected chi connectivity index (χ0v) is 8.41. The Bertz CT molecular complexity index is 354. The summed E-state index contributed by atoms with van der Waals surface area (Å²) in [5.74, 6) is 0.881. The van der Waals surface area contributed by atoms with Crippen molar-refractivity contribution in [2.75, 3.05) is 7.11 Å². The molecule has 0 spiro atoms. The van der Waals surface area contributed by atoms with Crippen LogP contribution < -0.4 is 4.74 Å². The fourth-order valence-electron chi connectivity index (χ4n) is 1.33. The van der Waals surface area contributed by atoms with Gasteiger partial charge in [-0.25, -0.2) is 9.79 Å². The molecule has 0 aromatic heterocycles. The lowest BCUT2D eigenvalue weighted by atomic mass is 10.1. The van der Waals surface area contributed by atoms with Gasteiger partial charge in [-0.3, -0.25) is 0 Å². The number of hydrogen-bond acceptors (Lipinski definition) is 3. The van der Waals surface area contributed by atoms with Gasteiger partial charge in [-0.05, 0) is 23.6 Å². The molecule has 0 aliphatic rings. The molecule has 1 aromatic carbocycles. The number of aryl methyl sites for hydroxylation is 1. The Morgan fingerprint density at radius 3 is 2.86 bits per heavy atom. The molecule has 3 heteroatoms. The molecule has 1 aromatic rings. The molecule has 0 amide bonds. The first kappa shape index (κ1) is 10.5. The van der Waals surface area contributed by atoms with Crippen LogP contribution in [0.3, 0.4) is 0 Å². The van der Waals surface area contributed by atoms with E-state index < -0.39 is 0 Å². The van der Waals surface area contributed by atoms with E-state index in [-0.39, 0.29) is 0 Å². The van der Waals surface area contributed by atoms with Gasteiger partial charge in [0.2, 0.25) is 6.08 Å². The van der Waals surface area contributed by atoms with E-state index in [1.807, 2.05) is 18.2 Å². The van der Waals surface area contributed by atoms with E-state index in [0.29, 0.717) is 6.54 Å². The van der Waals surface area contributed by atoms with Gasteiger partial charge in [-0.1, -0.05) is 19.1 Å². The van der Waals surface area contributed by atoms with Crippen molar-refractivity contribution in [1.29, 1.82) is 0 Å². The smallest absolute Gasteiger partial charge is 0.235 e. The normalized spacial score (nSPS) is 9.29. The van der Waals surface area contributed by atoms with Gasteiger partial charge in [0.15, 0.2) is 0 Å². The number of carbonyl (C=O) groups excluding carboxylic acids is 1. The maximum absolute atomic E-state index is 9.94.